The fraction of sp³-hybridized carbons (Fsp3) is 0.913. The van der Waals surface area contributed by atoms with Crippen molar-refractivity contribution in [3.63, 3.8) is 0 Å². The van der Waals surface area contributed by atoms with Crippen LogP contribution < -0.4 is 0 Å². The average Bonchev–Trinajstić information content (AvgIpc) is 2.99. The first-order valence-electron chi connectivity index (χ1n) is 11.0. The van der Waals surface area contributed by atoms with Gasteiger partial charge in [-0.05, 0) is 20.3 Å². The number of hydrogen-bond acceptors (Lipinski definition) is 4. The van der Waals surface area contributed by atoms with Gasteiger partial charge in [0.2, 0.25) is 0 Å². The summed E-state index contributed by atoms with van der Waals surface area (Å²) in [6, 6.07) is 0. The fourth-order valence-corrected chi connectivity index (χ4v) is 3.18. The molecule has 1 heterocycles. The molecule has 0 spiro atoms. The van der Waals surface area contributed by atoms with Crippen LogP contribution in [0.25, 0.3) is 0 Å². The minimum absolute atomic E-state index is 0.00948. The highest BCUT2D eigenvalue weighted by atomic mass is 16.7. The van der Waals surface area contributed by atoms with E-state index in [1.165, 1.54) is 57.8 Å². The molecule has 2 unspecified atom stereocenters. The van der Waals surface area contributed by atoms with Crippen molar-refractivity contribution in [3.8, 4) is 11.8 Å². The predicted molar refractivity (Wildman–Crippen MR) is 111 cm³/mol. The largest absolute Gasteiger partial charge is 0.378 e. The van der Waals surface area contributed by atoms with Gasteiger partial charge in [0.25, 0.3) is 0 Å². The van der Waals surface area contributed by atoms with Gasteiger partial charge in [-0.3, -0.25) is 0 Å². The van der Waals surface area contributed by atoms with E-state index < -0.39 is 5.79 Å². The van der Waals surface area contributed by atoms with Crippen molar-refractivity contribution in [1.29, 1.82) is 0 Å². The van der Waals surface area contributed by atoms with Gasteiger partial charge in [0, 0.05) is 20.0 Å². The Morgan fingerprint density at radius 1 is 1.00 bits per heavy atom. The molecule has 0 amide bonds. The second-order valence-electron chi connectivity index (χ2n) is 7.98. The first-order valence-corrected chi connectivity index (χ1v) is 11.0. The molecule has 1 fully saturated rings. The summed E-state index contributed by atoms with van der Waals surface area (Å²) in [6.07, 6.45) is 13.9. The van der Waals surface area contributed by atoms with Gasteiger partial charge in [0.15, 0.2) is 5.79 Å². The Labute approximate surface area is 167 Å². The van der Waals surface area contributed by atoms with E-state index in [4.69, 9.17) is 18.9 Å². The second kappa shape index (κ2) is 15.3. The van der Waals surface area contributed by atoms with Crippen molar-refractivity contribution < 1.29 is 18.9 Å². The lowest BCUT2D eigenvalue weighted by molar-refractivity contribution is -0.146. The van der Waals surface area contributed by atoms with E-state index in [0.717, 1.165) is 12.8 Å². The Balaban J connectivity index is 1.96. The fourth-order valence-electron chi connectivity index (χ4n) is 3.18. The zero-order chi connectivity index (χ0) is 19.8. The maximum Gasteiger partial charge on any atom is 0.163 e. The van der Waals surface area contributed by atoms with Gasteiger partial charge in [-0.15, -0.1) is 11.8 Å². The second-order valence-corrected chi connectivity index (χ2v) is 7.98. The van der Waals surface area contributed by atoms with Crippen molar-refractivity contribution in [2.75, 3.05) is 26.9 Å². The van der Waals surface area contributed by atoms with Gasteiger partial charge in [0.05, 0.1) is 25.9 Å². The highest BCUT2D eigenvalue weighted by molar-refractivity contribution is 5.00. The number of ether oxygens (including phenoxy) is 4. The highest BCUT2D eigenvalue weighted by Crippen LogP contribution is 2.22. The Morgan fingerprint density at radius 2 is 1.67 bits per heavy atom. The maximum absolute atomic E-state index is 5.73. The smallest absolute Gasteiger partial charge is 0.163 e. The molecule has 158 valence electrons. The van der Waals surface area contributed by atoms with E-state index in [2.05, 4.69) is 18.8 Å². The molecule has 2 atom stereocenters. The number of methoxy groups -OCH3 is 1. The molecule has 0 aromatic carbocycles. The maximum atomic E-state index is 5.73. The lowest BCUT2D eigenvalue weighted by Crippen LogP contribution is -2.26. The lowest BCUT2D eigenvalue weighted by atomic mass is 10.1. The molecule has 4 heteroatoms. The third-order valence-corrected chi connectivity index (χ3v) is 4.87. The van der Waals surface area contributed by atoms with Crippen molar-refractivity contribution in [2.45, 2.75) is 109 Å². The van der Waals surface area contributed by atoms with Crippen molar-refractivity contribution >= 4 is 0 Å². The summed E-state index contributed by atoms with van der Waals surface area (Å²) in [7, 11) is 1.72. The third kappa shape index (κ3) is 13.2. The van der Waals surface area contributed by atoms with E-state index in [9.17, 15) is 0 Å². The van der Waals surface area contributed by atoms with Gasteiger partial charge in [-0.25, -0.2) is 0 Å². The molecule has 0 saturated carbocycles. The van der Waals surface area contributed by atoms with Crippen LogP contribution in [0.1, 0.15) is 91.4 Å². The molecule has 0 aliphatic carbocycles. The van der Waals surface area contributed by atoms with E-state index in [0.29, 0.717) is 19.8 Å². The molecular formula is C23H42O4. The normalized spacial score (nSPS) is 19.6. The standard InChI is InChI=1S/C23H42O4/c1-5-6-7-8-9-10-11-12-13-14-15-16-17-21(24-4)18-25-19-22-20-26-23(2,3)27-22/h21-22H,5-14,17-20H2,1-4H3. The Kier molecular flexibility index (Phi) is 13.9. The Bertz CT molecular complexity index is 410. The van der Waals surface area contributed by atoms with E-state index in [-0.39, 0.29) is 12.2 Å². The highest BCUT2D eigenvalue weighted by Gasteiger charge is 2.32. The summed E-state index contributed by atoms with van der Waals surface area (Å²) in [4.78, 5) is 0. The van der Waals surface area contributed by atoms with E-state index in [1.54, 1.807) is 7.11 Å². The molecule has 0 aromatic heterocycles. The molecule has 0 aromatic rings. The van der Waals surface area contributed by atoms with Gasteiger partial charge in [0.1, 0.15) is 6.10 Å². The summed E-state index contributed by atoms with van der Waals surface area (Å²) in [5, 5.41) is 0. The molecule has 0 N–H and O–H groups in total. The van der Waals surface area contributed by atoms with Crippen LogP contribution in [0.4, 0.5) is 0 Å². The van der Waals surface area contributed by atoms with Crippen LogP contribution in [0.2, 0.25) is 0 Å². The summed E-state index contributed by atoms with van der Waals surface area (Å²) in [5.41, 5.74) is 0. The molecule has 1 aliphatic heterocycles. The first-order chi connectivity index (χ1) is 13.1. The average molecular weight is 383 g/mol. The Morgan fingerprint density at radius 3 is 2.26 bits per heavy atom. The van der Waals surface area contributed by atoms with Crippen molar-refractivity contribution in [1.82, 2.24) is 0 Å². The SMILES string of the molecule is CCCCCCCCCCCC#CCC(COCC1COC(C)(C)O1)OC. The molecule has 4 nitrogen and oxygen atoms in total. The zero-order valence-electron chi connectivity index (χ0n) is 18.2. The summed E-state index contributed by atoms with van der Waals surface area (Å²) >= 11 is 0. The first kappa shape index (κ1) is 24.4. The monoisotopic (exact) mass is 382 g/mol. The third-order valence-electron chi connectivity index (χ3n) is 4.87. The molecule has 1 saturated heterocycles. The topological polar surface area (TPSA) is 36.9 Å². The molecule has 0 radical (unpaired) electrons. The zero-order valence-corrected chi connectivity index (χ0v) is 18.2. The van der Waals surface area contributed by atoms with Crippen LogP contribution in [0.15, 0.2) is 0 Å². The molecule has 1 aliphatic rings. The number of unbranched alkanes of at least 4 members (excludes halogenated alkanes) is 9. The Hall–Kier alpha value is -0.600. The van der Waals surface area contributed by atoms with Gasteiger partial charge in [-0.2, -0.15) is 0 Å². The van der Waals surface area contributed by atoms with Crippen LogP contribution in [0.3, 0.4) is 0 Å². The molecule has 1 rings (SSSR count). The lowest BCUT2D eigenvalue weighted by Gasteiger charge is -2.18. The van der Waals surface area contributed by atoms with Crippen molar-refractivity contribution in [3.05, 3.63) is 0 Å². The molecular weight excluding hydrogens is 340 g/mol. The predicted octanol–water partition coefficient (Wildman–Crippen LogP) is 5.48. The van der Waals surface area contributed by atoms with Crippen LogP contribution in [-0.2, 0) is 18.9 Å². The molecule has 27 heavy (non-hydrogen) atoms. The summed E-state index contributed by atoms with van der Waals surface area (Å²) in [5.74, 6) is 6.03. The van der Waals surface area contributed by atoms with Gasteiger partial charge >= 0.3 is 0 Å². The van der Waals surface area contributed by atoms with Gasteiger partial charge < -0.3 is 18.9 Å². The quantitative estimate of drug-likeness (QED) is 0.277. The number of rotatable bonds is 15. The summed E-state index contributed by atoms with van der Waals surface area (Å²) < 4.78 is 22.4. The van der Waals surface area contributed by atoms with E-state index >= 15 is 0 Å². The van der Waals surface area contributed by atoms with Crippen LogP contribution >= 0.6 is 0 Å². The van der Waals surface area contributed by atoms with Crippen LogP contribution in [0.5, 0.6) is 0 Å². The minimum Gasteiger partial charge on any atom is -0.378 e. The van der Waals surface area contributed by atoms with Gasteiger partial charge in [-0.1, -0.05) is 58.3 Å². The minimum atomic E-state index is -0.491. The van der Waals surface area contributed by atoms with Crippen LogP contribution in [-0.4, -0.2) is 44.9 Å². The summed E-state index contributed by atoms with van der Waals surface area (Å²) in [6.45, 7) is 7.79. The van der Waals surface area contributed by atoms with Crippen molar-refractivity contribution in [2.24, 2.45) is 0 Å². The van der Waals surface area contributed by atoms with E-state index in [1.807, 2.05) is 13.8 Å². The molecule has 0 bridgehead atoms. The number of hydrogen-bond donors (Lipinski definition) is 0. The van der Waals surface area contributed by atoms with Crippen LogP contribution in [0, 0.1) is 11.8 Å².